The molecule has 0 aromatic carbocycles. The minimum Gasteiger partial charge on any atom is -0.394 e. The van der Waals surface area contributed by atoms with Gasteiger partial charge in [-0.15, -0.1) is 0 Å². The second-order valence-corrected chi connectivity index (χ2v) is 4.66. The number of morpholine rings is 1. The molecule has 2 heterocycles. The fraction of sp³-hybridized carbons (Fsp3) is 0.545. The van der Waals surface area contributed by atoms with Gasteiger partial charge in [0.1, 0.15) is 0 Å². The summed E-state index contributed by atoms with van der Waals surface area (Å²) < 4.78 is 6.25. The van der Waals surface area contributed by atoms with Gasteiger partial charge in [-0.1, -0.05) is 0 Å². The molecule has 1 aromatic rings. The lowest BCUT2D eigenvalue weighted by Gasteiger charge is -2.32. The van der Waals surface area contributed by atoms with E-state index in [2.05, 4.69) is 25.8 Å². The monoisotopic (exact) mass is 286 g/mol. The molecule has 16 heavy (non-hydrogen) atoms. The molecule has 4 nitrogen and oxygen atoms in total. The van der Waals surface area contributed by atoms with E-state index in [1.54, 1.807) is 6.20 Å². The zero-order chi connectivity index (χ0) is 11.4. The lowest BCUT2D eigenvalue weighted by Crippen LogP contribution is -2.40. The minimum absolute atomic E-state index is 0.0167. The molecule has 88 valence electrons. The topological polar surface area (TPSA) is 45.6 Å². The predicted molar refractivity (Wildman–Crippen MR) is 64.2 cm³/mol. The number of rotatable bonds is 3. The lowest BCUT2D eigenvalue weighted by atomic mass is 10.1. The van der Waals surface area contributed by atoms with Gasteiger partial charge in [-0.25, -0.2) is 0 Å². The number of pyridine rings is 1. The maximum Gasteiger partial charge on any atom is 0.0756 e. The van der Waals surface area contributed by atoms with E-state index in [4.69, 9.17) is 4.74 Å². The third-order valence-corrected chi connectivity index (χ3v) is 3.22. The van der Waals surface area contributed by atoms with Gasteiger partial charge in [0.05, 0.1) is 31.6 Å². The summed E-state index contributed by atoms with van der Waals surface area (Å²) in [4.78, 5) is 6.54. The molecule has 0 amide bonds. The first-order valence-corrected chi connectivity index (χ1v) is 6.14. The maximum atomic E-state index is 9.47. The molecular weight excluding hydrogens is 272 g/mol. The molecule has 1 aliphatic heterocycles. The van der Waals surface area contributed by atoms with Crippen LogP contribution in [0.15, 0.2) is 22.8 Å². The van der Waals surface area contributed by atoms with Crippen LogP contribution in [0, 0.1) is 0 Å². The van der Waals surface area contributed by atoms with Crippen LogP contribution >= 0.6 is 15.9 Å². The Labute approximate surface area is 103 Å². The molecule has 1 aliphatic rings. The largest absolute Gasteiger partial charge is 0.394 e. The Morgan fingerprint density at radius 2 is 2.19 bits per heavy atom. The molecule has 1 saturated heterocycles. The van der Waals surface area contributed by atoms with Crippen molar-refractivity contribution in [3.05, 3.63) is 28.5 Å². The van der Waals surface area contributed by atoms with E-state index in [0.717, 1.165) is 36.5 Å². The van der Waals surface area contributed by atoms with Crippen molar-refractivity contribution < 1.29 is 9.84 Å². The SMILES string of the molecule is OCC(c1ccc(Br)cn1)N1CCOCC1. The molecular formula is C11H15BrN2O2. The number of nitrogens with zero attached hydrogens (tertiary/aromatic N) is 2. The number of hydrogen-bond donors (Lipinski definition) is 1. The summed E-state index contributed by atoms with van der Waals surface area (Å²) in [6, 6.07) is 3.88. The molecule has 0 bridgehead atoms. The van der Waals surface area contributed by atoms with Gasteiger partial charge in [-0.05, 0) is 28.1 Å². The molecule has 1 fully saturated rings. The summed E-state index contributed by atoms with van der Waals surface area (Å²) in [6.07, 6.45) is 1.76. The summed E-state index contributed by atoms with van der Waals surface area (Å²) in [5.74, 6) is 0. The van der Waals surface area contributed by atoms with Crippen molar-refractivity contribution in [1.29, 1.82) is 0 Å². The van der Waals surface area contributed by atoms with Gasteiger partial charge in [0.2, 0.25) is 0 Å². The second kappa shape index (κ2) is 5.72. The molecule has 0 radical (unpaired) electrons. The van der Waals surface area contributed by atoms with E-state index in [1.165, 1.54) is 0 Å². The van der Waals surface area contributed by atoms with Gasteiger partial charge >= 0.3 is 0 Å². The van der Waals surface area contributed by atoms with Crippen LogP contribution in [-0.2, 0) is 4.74 Å². The molecule has 1 unspecified atom stereocenters. The summed E-state index contributed by atoms with van der Waals surface area (Å²) >= 11 is 3.35. The Morgan fingerprint density at radius 1 is 1.44 bits per heavy atom. The summed E-state index contributed by atoms with van der Waals surface area (Å²) in [6.45, 7) is 3.25. The Morgan fingerprint density at radius 3 is 2.75 bits per heavy atom. The molecule has 1 aromatic heterocycles. The highest BCUT2D eigenvalue weighted by atomic mass is 79.9. The number of ether oxygens (including phenoxy) is 1. The van der Waals surface area contributed by atoms with Gasteiger partial charge < -0.3 is 9.84 Å². The van der Waals surface area contributed by atoms with Crippen molar-refractivity contribution in [1.82, 2.24) is 9.88 Å². The zero-order valence-corrected chi connectivity index (χ0v) is 10.6. The number of halogens is 1. The van der Waals surface area contributed by atoms with Crippen molar-refractivity contribution in [2.24, 2.45) is 0 Å². The molecule has 1 atom stereocenters. The molecule has 1 N–H and O–H groups in total. The quantitative estimate of drug-likeness (QED) is 0.907. The van der Waals surface area contributed by atoms with Gasteiger partial charge in [-0.3, -0.25) is 9.88 Å². The van der Waals surface area contributed by atoms with Crippen LogP contribution in [0.4, 0.5) is 0 Å². The Balaban J connectivity index is 2.11. The molecule has 0 spiro atoms. The van der Waals surface area contributed by atoms with Crippen LogP contribution in [0.5, 0.6) is 0 Å². The van der Waals surface area contributed by atoms with Crippen molar-refractivity contribution >= 4 is 15.9 Å². The zero-order valence-electron chi connectivity index (χ0n) is 8.97. The normalized spacial score (nSPS) is 19.6. The number of aliphatic hydroxyl groups is 1. The first kappa shape index (κ1) is 12.0. The highest BCUT2D eigenvalue weighted by Crippen LogP contribution is 2.20. The second-order valence-electron chi connectivity index (χ2n) is 3.75. The highest BCUT2D eigenvalue weighted by Gasteiger charge is 2.22. The third kappa shape index (κ3) is 2.79. The number of aliphatic hydroxyl groups excluding tert-OH is 1. The van der Waals surface area contributed by atoms with Crippen molar-refractivity contribution in [3.63, 3.8) is 0 Å². The van der Waals surface area contributed by atoms with Gasteiger partial charge in [0.25, 0.3) is 0 Å². The van der Waals surface area contributed by atoms with Crippen LogP contribution in [0.3, 0.4) is 0 Å². The predicted octanol–water partition coefficient (Wildman–Crippen LogP) is 1.21. The third-order valence-electron chi connectivity index (χ3n) is 2.75. The average Bonchev–Trinajstić information content (AvgIpc) is 2.34. The van der Waals surface area contributed by atoms with Crippen LogP contribution in [-0.4, -0.2) is 47.9 Å². The first-order valence-electron chi connectivity index (χ1n) is 5.35. The standard InChI is InChI=1S/C11H15BrN2O2/c12-9-1-2-10(13-7-9)11(8-15)14-3-5-16-6-4-14/h1-2,7,11,15H,3-6,8H2. The molecule has 0 aliphatic carbocycles. The highest BCUT2D eigenvalue weighted by molar-refractivity contribution is 9.10. The molecule has 0 saturated carbocycles. The molecule has 5 heteroatoms. The smallest absolute Gasteiger partial charge is 0.0756 e. The van der Waals surface area contributed by atoms with Crippen LogP contribution in [0.2, 0.25) is 0 Å². The first-order chi connectivity index (χ1) is 7.81. The van der Waals surface area contributed by atoms with E-state index in [1.807, 2.05) is 12.1 Å². The summed E-state index contributed by atoms with van der Waals surface area (Å²) in [5, 5.41) is 9.47. The van der Waals surface area contributed by atoms with E-state index in [-0.39, 0.29) is 12.6 Å². The van der Waals surface area contributed by atoms with E-state index >= 15 is 0 Å². The fourth-order valence-electron chi connectivity index (χ4n) is 1.87. The summed E-state index contributed by atoms with van der Waals surface area (Å²) in [5.41, 5.74) is 0.910. The van der Waals surface area contributed by atoms with Crippen molar-refractivity contribution in [3.8, 4) is 0 Å². The van der Waals surface area contributed by atoms with Crippen LogP contribution < -0.4 is 0 Å². The Kier molecular flexibility index (Phi) is 4.29. The fourth-order valence-corrected chi connectivity index (χ4v) is 2.10. The van der Waals surface area contributed by atoms with E-state index < -0.39 is 0 Å². The minimum atomic E-state index is -0.0167. The lowest BCUT2D eigenvalue weighted by molar-refractivity contribution is 0.00154. The van der Waals surface area contributed by atoms with Crippen molar-refractivity contribution in [2.75, 3.05) is 32.9 Å². The Hall–Kier alpha value is -0.490. The maximum absolute atomic E-state index is 9.47. The van der Waals surface area contributed by atoms with Gasteiger partial charge in [-0.2, -0.15) is 0 Å². The van der Waals surface area contributed by atoms with Gasteiger partial charge in [0.15, 0.2) is 0 Å². The number of aromatic nitrogens is 1. The van der Waals surface area contributed by atoms with Crippen LogP contribution in [0.1, 0.15) is 11.7 Å². The molecule has 2 rings (SSSR count). The van der Waals surface area contributed by atoms with Crippen LogP contribution in [0.25, 0.3) is 0 Å². The average molecular weight is 287 g/mol. The van der Waals surface area contributed by atoms with Gasteiger partial charge in [0, 0.05) is 23.8 Å². The summed E-state index contributed by atoms with van der Waals surface area (Å²) in [7, 11) is 0. The van der Waals surface area contributed by atoms with Crippen molar-refractivity contribution in [2.45, 2.75) is 6.04 Å². The van der Waals surface area contributed by atoms with E-state index in [9.17, 15) is 5.11 Å². The number of hydrogen-bond acceptors (Lipinski definition) is 4. The Bertz CT molecular complexity index is 325. The van der Waals surface area contributed by atoms with E-state index in [0.29, 0.717) is 0 Å².